The summed E-state index contributed by atoms with van der Waals surface area (Å²) in [4.78, 5) is 21.9. The number of carbonyl (C=O) groups excluding carboxylic acids is 1. The van der Waals surface area contributed by atoms with E-state index in [-0.39, 0.29) is 35.4 Å². The van der Waals surface area contributed by atoms with Gasteiger partial charge in [-0.1, -0.05) is 0 Å². The number of nitrogens with zero attached hydrogens (tertiary/aromatic N) is 1. The van der Waals surface area contributed by atoms with Crippen molar-refractivity contribution in [2.45, 2.75) is 19.3 Å². The van der Waals surface area contributed by atoms with Gasteiger partial charge < -0.3 is 15.7 Å². The average molecular weight is 316 g/mol. The number of nitro benzene ring substituents is 1. The van der Waals surface area contributed by atoms with Crippen molar-refractivity contribution in [1.29, 1.82) is 0 Å². The first kappa shape index (κ1) is 17.2. The van der Waals surface area contributed by atoms with Crippen LogP contribution < -0.4 is 10.6 Å². The lowest BCUT2D eigenvalue weighted by molar-refractivity contribution is -0.384. The van der Waals surface area contributed by atoms with Crippen LogP contribution in [-0.2, 0) is 4.79 Å². The fourth-order valence-corrected chi connectivity index (χ4v) is 2.25. The third-order valence-corrected chi connectivity index (χ3v) is 3.41. The van der Waals surface area contributed by atoms with Crippen molar-refractivity contribution in [2.24, 2.45) is 5.92 Å². The van der Waals surface area contributed by atoms with E-state index in [2.05, 4.69) is 10.6 Å². The van der Waals surface area contributed by atoms with E-state index in [1.54, 1.807) is 0 Å². The fraction of sp³-hybridized carbons (Fsp3) is 0.462. The van der Waals surface area contributed by atoms with Crippen LogP contribution in [0.2, 0.25) is 0 Å². The lowest BCUT2D eigenvalue weighted by atomic mass is 10.0. The number of rotatable bonds is 5. The van der Waals surface area contributed by atoms with Crippen LogP contribution in [0.5, 0.6) is 5.75 Å². The van der Waals surface area contributed by atoms with E-state index >= 15 is 0 Å². The molecule has 1 atom stereocenters. The Labute approximate surface area is 128 Å². The molecule has 0 aromatic heterocycles. The van der Waals surface area contributed by atoms with Crippen molar-refractivity contribution < 1.29 is 14.8 Å². The molecular formula is C13H18ClN3O4. The van der Waals surface area contributed by atoms with E-state index in [9.17, 15) is 20.0 Å². The van der Waals surface area contributed by atoms with E-state index < -0.39 is 4.92 Å². The zero-order chi connectivity index (χ0) is 14.5. The molecule has 1 aliphatic rings. The zero-order valence-corrected chi connectivity index (χ0v) is 12.2. The molecule has 3 N–H and O–H groups in total. The second kappa shape index (κ2) is 7.80. The predicted octanol–water partition coefficient (Wildman–Crippen LogP) is 2.05. The zero-order valence-electron chi connectivity index (χ0n) is 11.4. The molecule has 1 unspecified atom stereocenters. The molecule has 0 spiro atoms. The first-order valence-electron chi connectivity index (χ1n) is 6.54. The Morgan fingerprint density at radius 2 is 2.29 bits per heavy atom. The van der Waals surface area contributed by atoms with E-state index in [0.29, 0.717) is 12.3 Å². The summed E-state index contributed by atoms with van der Waals surface area (Å²) in [5, 5.41) is 26.0. The number of nitro groups is 1. The van der Waals surface area contributed by atoms with E-state index in [4.69, 9.17) is 0 Å². The van der Waals surface area contributed by atoms with Crippen molar-refractivity contribution in [1.82, 2.24) is 5.32 Å². The van der Waals surface area contributed by atoms with Gasteiger partial charge in [-0.3, -0.25) is 14.9 Å². The molecule has 2 rings (SSSR count). The molecule has 0 bridgehead atoms. The van der Waals surface area contributed by atoms with Gasteiger partial charge in [0.1, 0.15) is 5.75 Å². The molecule has 1 heterocycles. The van der Waals surface area contributed by atoms with Crippen LogP contribution in [0, 0.1) is 16.0 Å². The summed E-state index contributed by atoms with van der Waals surface area (Å²) in [6, 6.07) is 3.55. The molecule has 1 aromatic carbocycles. The third-order valence-electron chi connectivity index (χ3n) is 3.41. The van der Waals surface area contributed by atoms with Crippen LogP contribution in [-0.4, -0.2) is 29.0 Å². The van der Waals surface area contributed by atoms with E-state index in [1.165, 1.54) is 12.1 Å². The Hall–Kier alpha value is -1.86. The minimum Gasteiger partial charge on any atom is -0.506 e. The number of phenolic OH excluding ortho intramolecular Hbond substituents is 1. The number of hydrogen-bond acceptors (Lipinski definition) is 5. The smallest absolute Gasteiger partial charge is 0.271 e. The van der Waals surface area contributed by atoms with Gasteiger partial charge in [0.05, 0.1) is 10.6 Å². The van der Waals surface area contributed by atoms with Gasteiger partial charge in [-0.05, 0) is 37.9 Å². The van der Waals surface area contributed by atoms with Crippen LogP contribution in [0.25, 0.3) is 0 Å². The van der Waals surface area contributed by atoms with E-state index in [1.807, 2.05) is 0 Å². The fourth-order valence-electron chi connectivity index (χ4n) is 2.25. The van der Waals surface area contributed by atoms with Gasteiger partial charge in [0.15, 0.2) is 0 Å². The number of nitrogens with one attached hydrogen (secondary N) is 2. The lowest BCUT2D eigenvalue weighted by Gasteiger charge is -2.09. The minimum atomic E-state index is -0.570. The SMILES string of the molecule is Cl.O=C(CCC1CCNC1)Nc1cc([N+](=O)[O-])ccc1O. The molecule has 0 radical (unpaired) electrons. The molecule has 0 aliphatic carbocycles. The Morgan fingerprint density at radius 1 is 1.52 bits per heavy atom. The number of amides is 1. The molecule has 116 valence electrons. The van der Waals surface area contributed by atoms with Gasteiger partial charge in [0.2, 0.25) is 5.91 Å². The highest BCUT2D eigenvalue weighted by atomic mass is 35.5. The number of anilines is 1. The van der Waals surface area contributed by atoms with Crippen molar-refractivity contribution in [3.05, 3.63) is 28.3 Å². The summed E-state index contributed by atoms with van der Waals surface area (Å²) in [6.45, 7) is 1.91. The van der Waals surface area contributed by atoms with Crippen molar-refractivity contribution >= 4 is 29.7 Å². The van der Waals surface area contributed by atoms with Crippen LogP contribution in [0.1, 0.15) is 19.3 Å². The molecule has 1 amide bonds. The first-order chi connectivity index (χ1) is 9.56. The van der Waals surface area contributed by atoms with Crippen molar-refractivity contribution in [3.63, 3.8) is 0 Å². The highest BCUT2D eigenvalue weighted by molar-refractivity contribution is 5.92. The Bertz CT molecular complexity index is 518. The minimum absolute atomic E-state index is 0. The van der Waals surface area contributed by atoms with Crippen molar-refractivity contribution in [2.75, 3.05) is 18.4 Å². The van der Waals surface area contributed by atoms with Crippen LogP contribution in [0.3, 0.4) is 0 Å². The molecule has 0 saturated carbocycles. The largest absolute Gasteiger partial charge is 0.506 e. The molecule has 1 fully saturated rings. The molecule has 21 heavy (non-hydrogen) atoms. The van der Waals surface area contributed by atoms with Gasteiger partial charge in [-0.2, -0.15) is 0 Å². The summed E-state index contributed by atoms with van der Waals surface area (Å²) in [6.07, 6.45) is 2.18. The number of carbonyl (C=O) groups is 1. The second-order valence-corrected chi connectivity index (χ2v) is 4.90. The summed E-state index contributed by atoms with van der Waals surface area (Å²) < 4.78 is 0. The second-order valence-electron chi connectivity index (χ2n) is 4.90. The number of phenols is 1. The van der Waals surface area contributed by atoms with Crippen LogP contribution in [0.4, 0.5) is 11.4 Å². The Balaban J connectivity index is 0.00000220. The summed E-state index contributed by atoms with van der Waals surface area (Å²) in [5.41, 5.74) is -0.0909. The van der Waals surface area contributed by atoms with Crippen LogP contribution in [0.15, 0.2) is 18.2 Å². The topological polar surface area (TPSA) is 104 Å². The maximum Gasteiger partial charge on any atom is 0.271 e. The molecule has 1 saturated heterocycles. The normalized spacial score (nSPS) is 17.0. The summed E-state index contributed by atoms with van der Waals surface area (Å²) >= 11 is 0. The molecule has 1 aliphatic heterocycles. The van der Waals surface area contributed by atoms with E-state index in [0.717, 1.165) is 32.0 Å². The maximum atomic E-state index is 11.8. The average Bonchev–Trinajstić information content (AvgIpc) is 2.92. The Morgan fingerprint density at radius 3 is 2.90 bits per heavy atom. The molecule has 7 nitrogen and oxygen atoms in total. The number of non-ortho nitro benzene ring substituents is 1. The third kappa shape index (κ3) is 4.87. The number of hydrogen-bond donors (Lipinski definition) is 3. The number of benzene rings is 1. The molecule has 8 heteroatoms. The number of aromatic hydroxyl groups is 1. The predicted molar refractivity (Wildman–Crippen MR) is 80.8 cm³/mol. The highest BCUT2D eigenvalue weighted by Gasteiger charge is 2.17. The maximum absolute atomic E-state index is 11.8. The first-order valence-corrected chi connectivity index (χ1v) is 6.54. The number of halogens is 1. The molecule has 1 aromatic rings. The Kier molecular flexibility index (Phi) is 6.39. The summed E-state index contributed by atoms with van der Waals surface area (Å²) in [5.74, 6) is 0.0821. The monoisotopic (exact) mass is 315 g/mol. The lowest BCUT2D eigenvalue weighted by Crippen LogP contribution is -2.15. The van der Waals surface area contributed by atoms with Gasteiger partial charge in [0.25, 0.3) is 5.69 Å². The highest BCUT2D eigenvalue weighted by Crippen LogP contribution is 2.28. The van der Waals surface area contributed by atoms with Crippen molar-refractivity contribution in [3.8, 4) is 5.75 Å². The molecular weight excluding hydrogens is 298 g/mol. The van der Waals surface area contributed by atoms with Gasteiger partial charge >= 0.3 is 0 Å². The van der Waals surface area contributed by atoms with Gasteiger partial charge in [-0.15, -0.1) is 12.4 Å². The van der Waals surface area contributed by atoms with Gasteiger partial charge in [-0.25, -0.2) is 0 Å². The summed E-state index contributed by atoms with van der Waals surface area (Å²) in [7, 11) is 0. The quantitative estimate of drug-likeness (QED) is 0.438. The van der Waals surface area contributed by atoms with Gasteiger partial charge in [0, 0.05) is 18.6 Å². The standard InChI is InChI=1S/C13H17N3O4.ClH/c17-12-3-2-10(16(19)20)7-11(12)15-13(18)4-1-9-5-6-14-8-9;/h2-3,7,9,14,17H,1,4-6,8H2,(H,15,18);1H. The van der Waals surface area contributed by atoms with Crippen LogP contribution >= 0.6 is 12.4 Å².